The lowest BCUT2D eigenvalue weighted by Gasteiger charge is -2.33. The number of morpholine rings is 1. The molecule has 8 nitrogen and oxygen atoms in total. The second-order valence-corrected chi connectivity index (χ2v) is 7.78. The van der Waals surface area contributed by atoms with Gasteiger partial charge in [-0.05, 0) is 31.9 Å². The number of nitrogen functional groups attached to an aromatic ring is 1. The van der Waals surface area contributed by atoms with Gasteiger partial charge in [0.25, 0.3) is 0 Å². The fraction of sp³-hybridized carbons (Fsp3) is 0.476. The van der Waals surface area contributed by atoms with E-state index in [1.54, 1.807) is 0 Å². The predicted octanol–water partition coefficient (Wildman–Crippen LogP) is 2.65. The van der Waals surface area contributed by atoms with Gasteiger partial charge in [0, 0.05) is 31.0 Å². The molecule has 0 spiro atoms. The fourth-order valence-corrected chi connectivity index (χ4v) is 4.12. The van der Waals surface area contributed by atoms with E-state index in [1.807, 2.05) is 30.5 Å². The Morgan fingerprint density at radius 1 is 1.03 bits per heavy atom. The molecule has 1 aromatic carbocycles. The minimum Gasteiger partial charge on any atom is -0.399 e. The van der Waals surface area contributed by atoms with E-state index in [1.165, 1.54) is 0 Å². The van der Waals surface area contributed by atoms with Gasteiger partial charge in [-0.1, -0.05) is 12.1 Å². The summed E-state index contributed by atoms with van der Waals surface area (Å²) in [4.78, 5) is 12.2. The first kappa shape index (κ1) is 18.3. The van der Waals surface area contributed by atoms with E-state index in [4.69, 9.17) is 30.3 Å². The maximum absolute atomic E-state index is 5.90. The van der Waals surface area contributed by atoms with Crippen molar-refractivity contribution in [3.63, 3.8) is 0 Å². The van der Waals surface area contributed by atoms with Gasteiger partial charge in [-0.3, -0.25) is 0 Å². The van der Waals surface area contributed by atoms with Crippen molar-refractivity contribution < 1.29 is 9.47 Å². The van der Waals surface area contributed by atoms with Crippen molar-refractivity contribution in [2.24, 2.45) is 0 Å². The zero-order valence-corrected chi connectivity index (χ0v) is 16.6. The Hall–Kier alpha value is -2.71. The average Bonchev–Trinajstić information content (AvgIpc) is 3.19. The summed E-state index contributed by atoms with van der Waals surface area (Å²) in [6, 6.07) is 8.35. The SMILES string of the molecule is C[C@H]1COCCN1c1nc(-c2ccc(N)cc2)c2cnn(C3CCOCC3)c2n1. The van der Waals surface area contributed by atoms with Crippen LogP contribution in [0.1, 0.15) is 25.8 Å². The van der Waals surface area contributed by atoms with Gasteiger partial charge in [-0.25, -0.2) is 9.67 Å². The summed E-state index contributed by atoms with van der Waals surface area (Å²) in [5, 5.41) is 5.68. The van der Waals surface area contributed by atoms with Gasteiger partial charge in [0.15, 0.2) is 5.65 Å². The Morgan fingerprint density at radius 3 is 2.59 bits per heavy atom. The predicted molar refractivity (Wildman–Crippen MR) is 112 cm³/mol. The van der Waals surface area contributed by atoms with Crippen LogP contribution in [0, 0.1) is 0 Å². The summed E-state index contributed by atoms with van der Waals surface area (Å²) >= 11 is 0. The van der Waals surface area contributed by atoms with Crippen molar-refractivity contribution in [3.8, 4) is 11.3 Å². The van der Waals surface area contributed by atoms with E-state index < -0.39 is 0 Å². The highest BCUT2D eigenvalue weighted by Crippen LogP contribution is 2.32. The number of nitrogens with two attached hydrogens (primary N) is 1. The molecular formula is C21H26N6O2. The van der Waals surface area contributed by atoms with Crippen molar-refractivity contribution in [3.05, 3.63) is 30.5 Å². The molecule has 152 valence electrons. The Labute approximate surface area is 169 Å². The van der Waals surface area contributed by atoms with Gasteiger partial charge in [0.05, 0.1) is 42.6 Å². The minimum absolute atomic E-state index is 0.222. The number of benzene rings is 1. The molecule has 0 aliphatic carbocycles. The molecule has 0 radical (unpaired) electrons. The molecule has 2 saturated heterocycles. The van der Waals surface area contributed by atoms with Crippen molar-refractivity contribution in [2.45, 2.75) is 31.8 Å². The van der Waals surface area contributed by atoms with Crippen LogP contribution in [-0.4, -0.2) is 58.8 Å². The van der Waals surface area contributed by atoms with E-state index >= 15 is 0 Å². The lowest BCUT2D eigenvalue weighted by molar-refractivity contribution is 0.0673. The van der Waals surface area contributed by atoms with Gasteiger partial charge in [-0.15, -0.1) is 0 Å². The van der Waals surface area contributed by atoms with Gasteiger partial charge >= 0.3 is 0 Å². The van der Waals surface area contributed by atoms with E-state index in [0.29, 0.717) is 19.3 Å². The average molecular weight is 394 g/mol. The van der Waals surface area contributed by atoms with Crippen LogP contribution in [0.3, 0.4) is 0 Å². The fourth-order valence-electron chi connectivity index (χ4n) is 4.12. The van der Waals surface area contributed by atoms with Crippen molar-refractivity contribution in [1.29, 1.82) is 0 Å². The van der Waals surface area contributed by atoms with Crippen LogP contribution < -0.4 is 10.6 Å². The molecule has 2 aliphatic heterocycles. The number of rotatable bonds is 3. The van der Waals surface area contributed by atoms with Gasteiger partial charge in [0.1, 0.15) is 0 Å². The molecule has 5 rings (SSSR count). The lowest BCUT2D eigenvalue weighted by atomic mass is 10.1. The molecule has 0 bridgehead atoms. The molecule has 0 saturated carbocycles. The third kappa shape index (κ3) is 3.42. The third-order valence-corrected chi connectivity index (χ3v) is 5.79. The Kier molecular flexibility index (Phi) is 4.81. The monoisotopic (exact) mass is 394 g/mol. The third-order valence-electron chi connectivity index (χ3n) is 5.79. The van der Waals surface area contributed by atoms with E-state index in [9.17, 15) is 0 Å². The van der Waals surface area contributed by atoms with Crippen LogP contribution in [0.4, 0.5) is 11.6 Å². The van der Waals surface area contributed by atoms with Crippen molar-refractivity contribution in [2.75, 3.05) is 43.6 Å². The molecule has 0 amide bonds. The van der Waals surface area contributed by atoms with E-state index in [0.717, 1.165) is 66.5 Å². The number of anilines is 2. The van der Waals surface area contributed by atoms with Gasteiger partial charge in [-0.2, -0.15) is 10.1 Å². The summed E-state index contributed by atoms with van der Waals surface area (Å²) < 4.78 is 13.2. The highest BCUT2D eigenvalue weighted by atomic mass is 16.5. The number of fused-ring (bicyclic) bond motifs is 1. The van der Waals surface area contributed by atoms with Crippen molar-refractivity contribution >= 4 is 22.7 Å². The van der Waals surface area contributed by atoms with Gasteiger partial charge < -0.3 is 20.1 Å². The van der Waals surface area contributed by atoms with E-state index in [2.05, 4.69) is 16.5 Å². The normalized spacial score (nSPS) is 21.0. The van der Waals surface area contributed by atoms with Crippen LogP contribution in [0.2, 0.25) is 0 Å². The second-order valence-electron chi connectivity index (χ2n) is 7.78. The van der Waals surface area contributed by atoms with Crippen molar-refractivity contribution in [1.82, 2.24) is 19.7 Å². The number of hydrogen-bond acceptors (Lipinski definition) is 7. The highest BCUT2D eigenvalue weighted by molar-refractivity contribution is 5.91. The topological polar surface area (TPSA) is 91.3 Å². The number of hydrogen-bond donors (Lipinski definition) is 1. The molecule has 2 N–H and O–H groups in total. The Bertz CT molecular complexity index is 996. The summed E-state index contributed by atoms with van der Waals surface area (Å²) in [5.41, 5.74) is 9.42. The zero-order chi connectivity index (χ0) is 19.8. The Morgan fingerprint density at radius 2 is 1.83 bits per heavy atom. The first-order chi connectivity index (χ1) is 14.2. The highest BCUT2D eigenvalue weighted by Gasteiger charge is 2.26. The first-order valence-corrected chi connectivity index (χ1v) is 10.2. The number of aromatic nitrogens is 4. The van der Waals surface area contributed by atoms with Crippen LogP contribution >= 0.6 is 0 Å². The lowest BCUT2D eigenvalue weighted by Crippen LogP contribution is -2.44. The number of nitrogens with zero attached hydrogens (tertiary/aromatic N) is 5. The molecule has 2 fully saturated rings. The Balaban J connectivity index is 1.67. The molecule has 2 aromatic heterocycles. The van der Waals surface area contributed by atoms with Crippen LogP contribution in [0.5, 0.6) is 0 Å². The smallest absolute Gasteiger partial charge is 0.228 e. The maximum Gasteiger partial charge on any atom is 0.228 e. The first-order valence-electron chi connectivity index (χ1n) is 10.2. The summed E-state index contributed by atoms with van der Waals surface area (Å²) in [5.74, 6) is 0.730. The molecule has 8 heteroatoms. The summed E-state index contributed by atoms with van der Waals surface area (Å²) in [6.45, 7) is 5.80. The maximum atomic E-state index is 5.90. The van der Waals surface area contributed by atoms with E-state index in [-0.39, 0.29) is 6.04 Å². The summed E-state index contributed by atoms with van der Waals surface area (Å²) in [7, 11) is 0. The standard InChI is InChI=1S/C21H26N6O2/c1-14-13-29-11-8-26(14)21-24-19(15-2-4-16(22)5-3-15)18-12-23-27(20(18)25-21)17-6-9-28-10-7-17/h2-5,12,14,17H,6-11,13,22H2,1H3/t14-/m0/s1. The van der Waals surface area contributed by atoms with Crippen LogP contribution in [0.15, 0.2) is 30.5 Å². The summed E-state index contributed by atoms with van der Waals surface area (Å²) in [6.07, 6.45) is 3.78. The molecular weight excluding hydrogens is 368 g/mol. The molecule has 1 atom stereocenters. The molecule has 29 heavy (non-hydrogen) atoms. The zero-order valence-electron chi connectivity index (χ0n) is 16.6. The van der Waals surface area contributed by atoms with Crippen LogP contribution in [-0.2, 0) is 9.47 Å². The molecule has 0 unspecified atom stereocenters. The quantitative estimate of drug-likeness (QED) is 0.683. The largest absolute Gasteiger partial charge is 0.399 e. The molecule has 4 heterocycles. The molecule has 2 aliphatic rings. The number of ether oxygens (including phenoxy) is 2. The van der Waals surface area contributed by atoms with Crippen LogP contribution in [0.25, 0.3) is 22.3 Å². The molecule has 3 aromatic rings. The second kappa shape index (κ2) is 7.61. The van der Waals surface area contributed by atoms with Gasteiger partial charge in [0.2, 0.25) is 5.95 Å². The minimum atomic E-state index is 0.222.